The van der Waals surface area contributed by atoms with Crippen LogP contribution in [0.1, 0.15) is 18.1 Å². The molecule has 1 aromatic carbocycles. The van der Waals surface area contributed by atoms with E-state index in [2.05, 4.69) is 0 Å². The van der Waals surface area contributed by atoms with Crippen LogP contribution >= 0.6 is 0 Å². The van der Waals surface area contributed by atoms with Gasteiger partial charge in [-0.05, 0) is 18.6 Å². The summed E-state index contributed by atoms with van der Waals surface area (Å²) in [6.45, 7) is 2.57. The van der Waals surface area contributed by atoms with Crippen LogP contribution in [-0.2, 0) is 6.54 Å². The lowest BCUT2D eigenvalue weighted by Crippen LogP contribution is -2.32. The maximum absolute atomic E-state index is 10.9. The minimum absolute atomic E-state index is 0.0127. The molecule has 1 heterocycles. The fourth-order valence-corrected chi connectivity index (χ4v) is 1.92. The van der Waals surface area contributed by atoms with Crippen LogP contribution in [0.4, 0.5) is 5.69 Å². The number of hydrogen-bond donors (Lipinski definition) is 1. The Morgan fingerprint density at radius 2 is 2.35 bits per heavy atom. The molecular weight excluding hydrogens is 220 g/mol. The number of aliphatic hydroxyl groups excluding tert-OH is 1. The molecule has 0 fully saturated rings. The number of hydrogen-bond acceptors (Lipinski definition) is 4. The van der Waals surface area contributed by atoms with Crippen molar-refractivity contribution in [1.82, 2.24) is 4.90 Å². The van der Waals surface area contributed by atoms with E-state index in [4.69, 9.17) is 5.11 Å². The predicted molar refractivity (Wildman–Crippen MR) is 64.2 cm³/mol. The third-order valence-corrected chi connectivity index (χ3v) is 2.99. The number of aliphatic hydroxyl groups is 1. The second-order valence-corrected chi connectivity index (χ2v) is 4.13. The third kappa shape index (κ3) is 2.14. The first-order chi connectivity index (χ1) is 8.13. The average molecular weight is 234 g/mol. The van der Waals surface area contributed by atoms with Gasteiger partial charge in [-0.3, -0.25) is 10.1 Å². The Bertz CT molecular complexity index is 471. The van der Waals surface area contributed by atoms with Gasteiger partial charge in [0.2, 0.25) is 0 Å². The van der Waals surface area contributed by atoms with Crippen molar-refractivity contribution in [3.63, 3.8) is 0 Å². The van der Waals surface area contributed by atoms with E-state index < -0.39 is 0 Å². The van der Waals surface area contributed by atoms with Crippen molar-refractivity contribution in [2.45, 2.75) is 19.5 Å². The van der Waals surface area contributed by atoms with Gasteiger partial charge in [-0.1, -0.05) is 12.1 Å². The number of fused-ring (bicyclic) bond motifs is 1. The first-order valence-corrected chi connectivity index (χ1v) is 5.44. The van der Waals surface area contributed by atoms with E-state index in [1.807, 2.05) is 17.9 Å². The predicted octanol–water partition coefficient (Wildman–Crippen LogP) is 1.76. The Labute approximate surface area is 99.1 Å². The van der Waals surface area contributed by atoms with Crippen LogP contribution < -0.4 is 0 Å². The molecule has 1 aromatic rings. The quantitative estimate of drug-likeness (QED) is 0.639. The largest absolute Gasteiger partial charge is 0.394 e. The number of nitro groups is 1. The summed E-state index contributed by atoms with van der Waals surface area (Å²) in [5.41, 5.74) is 1.72. The lowest BCUT2D eigenvalue weighted by atomic mass is 10.0. The molecule has 17 heavy (non-hydrogen) atoms. The summed E-state index contributed by atoms with van der Waals surface area (Å²) in [6, 6.07) is 5.09. The Hall–Kier alpha value is -1.88. The Balaban J connectivity index is 2.35. The van der Waals surface area contributed by atoms with Crippen molar-refractivity contribution in [3.8, 4) is 0 Å². The first-order valence-electron chi connectivity index (χ1n) is 5.44. The van der Waals surface area contributed by atoms with E-state index >= 15 is 0 Å². The second-order valence-electron chi connectivity index (χ2n) is 4.13. The Kier molecular flexibility index (Phi) is 3.10. The summed E-state index contributed by atoms with van der Waals surface area (Å²) in [7, 11) is 0. The topological polar surface area (TPSA) is 66.6 Å². The van der Waals surface area contributed by atoms with E-state index in [1.165, 1.54) is 6.07 Å². The zero-order valence-corrected chi connectivity index (χ0v) is 9.54. The lowest BCUT2D eigenvalue weighted by molar-refractivity contribution is -0.385. The van der Waals surface area contributed by atoms with Gasteiger partial charge in [0.1, 0.15) is 0 Å². The van der Waals surface area contributed by atoms with Crippen LogP contribution in [0.25, 0.3) is 6.08 Å². The van der Waals surface area contributed by atoms with E-state index in [1.54, 1.807) is 18.3 Å². The molecule has 0 radical (unpaired) electrons. The van der Waals surface area contributed by atoms with Crippen molar-refractivity contribution in [2.75, 3.05) is 6.61 Å². The average Bonchev–Trinajstić information content (AvgIpc) is 2.36. The molecule has 1 aliphatic heterocycles. The van der Waals surface area contributed by atoms with Crippen molar-refractivity contribution in [1.29, 1.82) is 0 Å². The van der Waals surface area contributed by atoms with Gasteiger partial charge in [0, 0.05) is 24.9 Å². The number of benzene rings is 1. The number of nitrogens with zero attached hydrogens (tertiary/aromatic N) is 2. The summed E-state index contributed by atoms with van der Waals surface area (Å²) in [6.07, 6.45) is 3.54. The molecule has 5 heteroatoms. The maximum atomic E-state index is 10.9. The third-order valence-electron chi connectivity index (χ3n) is 2.99. The molecule has 90 valence electrons. The van der Waals surface area contributed by atoms with Crippen molar-refractivity contribution in [2.24, 2.45) is 0 Å². The highest BCUT2D eigenvalue weighted by atomic mass is 16.6. The summed E-state index contributed by atoms with van der Waals surface area (Å²) >= 11 is 0. The van der Waals surface area contributed by atoms with Crippen LogP contribution in [0.5, 0.6) is 0 Å². The molecule has 0 unspecified atom stereocenters. The molecule has 0 amide bonds. The van der Waals surface area contributed by atoms with Gasteiger partial charge in [-0.15, -0.1) is 0 Å². The summed E-state index contributed by atoms with van der Waals surface area (Å²) in [4.78, 5) is 12.5. The minimum Gasteiger partial charge on any atom is -0.394 e. The standard InChI is InChI=1S/C12H14N2O3/c1-9(8-15)13-6-5-11-10(7-13)3-2-4-12(11)14(16)17/h2-6,9,15H,7-8H2,1H3/t9-/m1/s1. The number of nitro benzene ring substituents is 1. The molecule has 0 aromatic heterocycles. The first kappa shape index (κ1) is 11.6. The molecule has 0 spiro atoms. The highest BCUT2D eigenvalue weighted by Crippen LogP contribution is 2.28. The van der Waals surface area contributed by atoms with Gasteiger partial charge in [-0.25, -0.2) is 0 Å². The van der Waals surface area contributed by atoms with E-state index in [9.17, 15) is 10.1 Å². The van der Waals surface area contributed by atoms with Crippen LogP contribution in [0.3, 0.4) is 0 Å². The van der Waals surface area contributed by atoms with Crippen LogP contribution in [0.2, 0.25) is 0 Å². The van der Waals surface area contributed by atoms with Gasteiger partial charge in [0.25, 0.3) is 5.69 Å². The lowest BCUT2D eigenvalue weighted by Gasteiger charge is -2.29. The zero-order valence-electron chi connectivity index (χ0n) is 9.54. The Morgan fingerprint density at radius 1 is 1.59 bits per heavy atom. The molecule has 1 atom stereocenters. The SMILES string of the molecule is C[C@H](CO)N1C=Cc2c(cccc2[N+](=O)[O-])C1. The highest BCUT2D eigenvalue weighted by molar-refractivity contribution is 5.65. The van der Waals surface area contributed by atoms with Gasteiger partial charge in [0.15, 0.2) is 0 Å². The smallest absolute Gasteiger partial charge is 0.276 e. The molecule has 1 N–H and O–H groups in total. The van der Waals surface area contributed by atoms with E-state index in [-0.39, 0.29) is 23.3 Å². The van der Waals surface area contributed by atoms with Crippen LogP contribution in [0.15, 0.2) is 24.4 Å². The van der Waals surface area contributed by atoms with Gasteiger partial charge >= 0.3 is 0 Å². The van der Waals surface area contributed by atoms with Crippen molar-refractivity contribution >= 4 is 11.8 Å². The maximum Gasteiger partial charge on any atom is 0.276 e. The second kappa shape index (κ2) is 4.55. The number of rotatable bonds is 3. The van der Waals surface area contributed by atoms with Crippen LogP contribution in [0, 0.1) is 10.1 Å². The normalized spacial score (nSPS) is 15.5. The zero-order chi connectivity index (χ0) is 12.4. The highest BCUT2D eigenvalue weighted by Gasteiger charge is 2.21. The molecule has 0 saturated carbocycles. The minimum atomic E-state index is -0.367. The fraction of sp³-hybridized carbons (Fsp3) is 0.333. The monoisotopic (exact) mass is 234 g/mol. The van der Waals surface area contributed by atoms with Gasteiger partial charge in [-0.2, -0.15) is 0 Å². The van der Waals surface area contributed by atoms with Crippen LogP contribution in [-0.4, -0.2) is 27.6 Å². The molecule has 0 bridgehead atoms. The molecule has 1 aliphatic rings. The molecular formula is C12H14N2O3. The van der Waals surface area contributed by atoms with Crippen molar-refractivity contribution < 1.29 is 10.0 Å². The van der Waals surface area contributed by atoms with Crippen molar-refractivity contribution in [3.05, 3.63) is 45.6 Å². The Morgan fingerprint density at radius 3 is 3.00 bits per heavy atom. The summed E-state index contributed by atoms with van der Waals surface area (Å²) in [5, 5.41) is 20.0. The summed E-state index contributed by atoms with van der Waals surface area (Å²) in [5.74, 6) is 0. The molecule has 0 aliphatic carbocycles. The molecule has 0 saturated heterocycles. The van der Waals surface area contributed by atoms with Gasteiger partial charge in [0.05, 0.1) is 17.1 Å². The molecule has 2 rings (SSSR count). The van der Waals surface area contributed by atoms with Gasteiger partial charge < -0.3 is 10.0 Å². The van der Waals surface area contributed by atoms with E-state index in [0.29, 0.717) is 12.1 Å². The molecule has 5 nitrogen and oxygen atoms in total. The van der Waals surface area contributed by atoms with E-state index in [0.717, 1.165) is 5.56 Å². The fourth-order valence-electron chi connectivity index (χ4n) is 1.92. The summed E-state index contributed by atoms with van der Waals surface area (Å²) < 4.78 is 0.